The molecule has 0 atom stereocenters. The molecule has 4 rings (SSSR count). The summed E-state index contributed by atoms with van der Waals surface area (Å²) in [5, 5.41) is 8.90. The minimum absolute atomic E-state index is 0.522. The third kappa shape index (κ3) is 3.49. The molecule has 0 fully saturated rings. The normalized spacial score (nSPS) is 11.2. The highest BCUT2D eigenvalue weighted by molar-refractivity contribution is 9.10. The fraction of sp³-hybridized carbons (Fsp3) is 0.0625. The molecular weight excluding hydrogens is 430 g/mol. The van der Waals surface area contributed by atoms with Crippen molar-refractivity contribution >= 4 is 60.8 Å². The monoisotopic (exact) mass is 437 g/mol. The second-order valence-electron chi connectivity index (χ2n) is 4.89. The number of benzene rings is 2. The third-order valence-electron chi connectivity index (χ3n) is 3.21. The summed E-state index contributed by atoms with van der Waals surface area (Å²) in [5.41, 5.74) is 1.81. The van der Waals surface area contributed by atoms with Gasteiger partial charge in [0.2, 0.25) is 11.8 Å². The highest BCUT2D eigenvalue weighted by Crippen LogP contribution is 2.33. The molecule has 0 N–H and O–H groups in total. The molecule has 0 aliphatic heterocycles. The van der Waals surface area contributed by atoms with E-state index < -0.39 is 0 Å². The van der Waals surface area contributed by atoms with Crippen LogP contribution >= 0.6 is 50.6 Å². The summed E-state index contributed by atoms with van der Waals surface area (Å²) in [4.78, 5) is 4.57. The molecule has 0 aliphatic carbocycles. The van der Waals surface area contributed by atoms with E-state index >= 15 is 0 Å². The molecular formula is C16H9BrClN3OS2. The maximum absolute atomic E-state index is 5.99. The van der Waals surface area contributed by atoms with Crippen molar-refractivity contribution in [2.24, 2.45) is 0 Å². The highest BCUT2D eigenvalue weighted by Gasteiger charge is 2.11. The lowest BCUT2D eigenvalue weighted by atomic mass is 10.2. The van der Waals surface area contributed by atoms with E-state index in [9.17, 15) is 0 Å². The molecule has 0 unspecified atom stereocenters. The van der Waals surface area contributed by atoms with Gasteiger partial charge in [0.25, 0.3) is 0 Å². The first-order valence-electron chi connectivity index (χ1n) is 6.94. The zero-order valence-electron chi connectivity index (χ0n) is 12.1. The minimum Gasteiger partial charge on any atom is -0.420 e. The number of hydrogen-bond acceptors (Lipinski definition) is 6. The summed E-state index contributed by atoms with van der Waals surface area (Å²) in [7, 11) is 0. The van der Waals surface area contributed by atoms with E-state index in [0.29, 0.717) is 22.6 Å². The topological polar surface area (TPSA) is 51.8 Å². The molecule has 2 aromatic carbocycles. The summed E-state index contributed by atoms with van der Waals surface area (Å²) >= 11 is 12.6. The summed E-state index contributed by atoms with van der Waals surface area (Å²) in [6.45, 7) is 0. The Labute approximate surface area is 159 Å². The number of halogens is 2. The van der Waals surface area contributed by atoms with Crippen LogP contribution in [0.5, 0.6) is 0 Å². The van der Waals surface area contributed by atoms with Gasteiger partial charge in [-0.3, -0.25) is 0 Å². The Balaban J connectivity index is 1.48. The second-order valence-corrected chi connectivity index (χ2v) is 8.49. The molecule has 0 bridgehead atoms. The van der Waals surface area contributed by atoms with Crippen LogP contribution in [0.15, 0.2) is 55.7 Å². The van der Waals surface area contributed by atoms with Crippen molar-refractivity contribution in [3.63, 3.8) is 0 Å². The van der Waals surface area contributed by atoms with Crippen molar-refractivity contribution in [1.82, 2.24) is 15.2 Å². The highest BCUT2D eigenvalue weighted by atomic mass is 79.9. The van der Waals surface area contributed by atoms with Crippen molar-refractivity contribution in [2.45, 2.75) is 10.1 Å². The van der Waals surface area contributed by atoms with Crippen LogP contribution in [-0.2, 0) is 5.75 Å². The average Bonchev–Trinajstić information content (AvgIpc) is 3.19. The van der Waals surface area contributed by atoms with Gasteiger partial charge in [0.15, 0.2) is 4.34 Å². The first kappa shape index (κ1) is 16.1. The van der Waals surface area contributed by atoms with Gasteiger partial charge in [0.05, 0.1) is 16.0 Å². The van der Waals surface area contributed by atoms with E-state index in [4.69, 9.17) is 16.0 Å². The Morgan fingerprint density at radius 1 is 1.12 bits per heavy atom. The van der Waals surface area contributed by atoms with Gasteiger partial charge in [-0.25, -0.2) is 4.98 Å². The number of nitrogens with zero attached hydrogens (tertiary/aromatic N) is 3. The number of fused-ring (bicyclic) bond motifs is 1. The van der Waals surface area contributed by atoms with E-state index in [0.717, 1.165) is 24.6 Å². The van der Waals surface area contributed by atoms with E-state index in [2.05, 4.69) is 31.1 Å². The molecule has 2 aromatic heterocycles. The lowest BCUT2D eigenvalue weighted by Gasteiger charge is -1.94. The van der Waals surface area contributed by atoms with Crippen LogP contribution < -0.4 is 0 Å². The van der Waals surface area contributed by atoms with Crippen LogP contribution in [0.1, 0.15) is 5.89 Å². The molecule has 0 saturated heterocycles. The Bertz CT molecular complexity index is 1000. The molecule has 0 amide bonds. The minimum atomic E-state index is 0.522. The Hall–Kier alpha value is -1.41. The molecule has 0 radical (unpaired) electrons. The van der Waals surface area contributed by atoms with Crippen LogP contribution in [0, 0.1) is 0 Å². The van der Waals surface area contributed by atoms with Gasteiger partial charge in [-0.1, -0.05) is 39.3 Å². The quantitative estimate of drug-likeness (QED) is 0.363. The predicted octanol–water partition coefficient (Wildman–Crippen LogP) is 6.05. The van der Waals surface area contributed by atoms with Crippen molar-refractivity contribution in [2.75, 3.05) is 0 Å². The summed E-state index contributed by atoms with van der Waals surface area (Å²) in [5.74, 6) is 1.68. The maximum Gasteiger partial charge on any atom is 0.247 e. The molecule has 2 heterocycles. The van der Waals surface area contributed by atoms with Gasteiger partial charge < -0.3 is 4.42 Å². The largest absolute Gasteiger partial charge is 0.420 e. The molecule has 4 nitrogen and oxygen atoms in total. The Kier molecular flexibility index (Phi) is 4.58. The predicted molar refractivity (Wildman–Crippen MR) is 102 cm³/mol. The van der Waals surface area contributed by atoms with E-state index in [-0.39, 0.29) is 0 Å². The first-order chi connectivity index (χ1) is 11.7. The van der Waals surface area contributed by atoms with Crippen molar-refractivity contribution in [1.29, 1.82) is 0 Å². The number of thiazole rings is 1. The number of rotatable bonds is 4. The smallest absolute Gasteiger partial charge is 0.247 e. The Morgan fingerprint density at radius 2 is 1.96 bits per heavy atom. The second kappa shape index (κ2) is 6.84. The first-order valence-corrected chi connectivity index (χ1v) is 9.92. The number of thioether (sulfide) groups is 1. The van der Waals surface area contributed by atoms with Crippen LogP contribution in [0.3, 0.4) is 0 Å². The van der Waals surface area contributed by atoms with Crippen molar-refractivity contribution in [3.05, 3.63) is 57.9 Å². The zero-order chi connectivity index (χ0) is 16.5. The Morgan fingerprint density at radius 3 is 2.79 bits per heavy atom. The van der Waals surface area contributed by atoms with Crippen LogP contribution in [0.2, 0.25) is 5.02 Å². The van der Waals surface area contributed by atoms with Crippen molar-refractivity contribution in [3.8, 4) is 11.5 Å². The number of hydrogen-bond donors (Lipinski definition) is 0. The maximum atomic E-state index is 5.99. The summed E-state index contributed by atoms with van der Waals surface area (Å²) in [6, 6.07) is 13.5. The lowest BCUT2D eigenvalue weighted by Crippen LogP contribution is -1.79. The van der Waals surface area contributed by atoms with Gasteiger partial charge in [-0.05, 0) is 42.5 Å². The molecule has 0 aliphatic rings. The summed E-state index contributed by atoms with van der Waals surface area (Å²) in [6.07, 6.45) is 0. The van der Waals surface area contributed by atoms with E-state index in [1.54, 1.807) is 23.1 Å². The molecule has 0 spiro atoms. The third-order valence-corrected chi connectivity index (χ3v) is 6.14. The molecule has 120 valence electrons. The van der Waals surface area contributed by atoms with Crippen molar-refractivity contribution < 1.29 is 4.42 Å². The van der Waals surface area contributed by atoms with Crippen LogP contribution in [0.4, 0.5) is 0 Å². The average molecular weight is 439 g/mol. The molecule has 0 saturated carbocycles. The van der Waals surface area contributed by atoms with E-state index in [1.165, 1.54) is 0 Å². The summed E-state index contributed by atoms with van der Waals surface area (Å²) < 4.78 is 8.80. The van der Waals surface area contributed by atoms with Gasteiger partial charge in [0, 0.05) is 15.1 Å². The molecule has 24 heavy (non-hydrogen) atoms. The molecule has 4 aromatic rings. The number of aromatic nitrogens is 3. The van der Waals surface area contributed by atoms with Gasteiger partial charge >= 0.3 is 0 Å². The van der Waals surface area contributed by atoms with Gasteiger partial charge in [-0.15, -0.1) is 21.5 Å². The SMILES string of the molecule is Clc1ccc2sc(SCc3nnc(-c4ccc(Br)cc4)o3)nc2c1. The standard InChI is InChI=1S/C16H9BrClN3OS2/c17-10-3-1-9(2-4-10)15-21-20-14(22-15)8-23-16-19-12-7-11(18)5-6-13(12)24-16/h1-7H,8H2. The van der Waals surface area contributed by atoms with Crippen LogP contribution in [0.25, 0.3) is 21.7 Å². The lowest BCUT2D eigenvalue weighted by molar-refractivity contribution is 0.528. The zero-order valence-corrected chi connectivity index (χ0v) is 16.0. The fourth-order valence-electron chi connectivity index (χ4n) is 2.09. The van der Waals surface area contributed by atoms with Crippen LogP contribution in [-0.4, -0.2) is 15.2 Å². The van der Waals surface area contributed by atoms with E-state index in [1.807, 2.05) is 42.5 Å². The van der Waals surface area contributed by atoms with Gasteiger partial charge in [-0.2, -0.15) is 0 Å². The fourth-order valence-corrected chi connectivity index (χ4v) is 4.40. The molecule has 8 heteroatoms. The van der Waals surface area contributed by atoms with Gasteiger partial charge in [0.1, 0.15) is 0 Å².